The maximum Gasteiger partial charge on any atom is 0.455 e. The van der Waals surface area contributed by atoms with Crippen molar-refractivity contribution in [1.29, 1.82) is 0 Å². The Bertz CT molecular complexity index is 1560. The van der Waals surface area contributed by atoms with Gasteiger partial charge in [0, 0.05) is 24.5 Å². The fourth-order valence-electron chi connectivity index (χ4n) is 6.30. The molecule has 2 aromatic rings. The van der Waals surface area contributed by atoms with Crippen molar-refractivity contribution in [3.63, 3.8) is 0 Å². The summed E-state index contributed by atoms with van der Waals surface area (Å²) in [6.07, 6.45) is -4.68. The molecule has 3 fully saturated rings. The van der Waals surface area contributed by atoms with Gasteiger partial charge in [0.25, 0.3) is 0 Å². The minimum absolute atomic E-state index is 0.0227. The van der Waals surface area contributed by atoms with Crippen molar-refractivity contribution < 1.29 is 35.2 Å². The molecule has 0 unspecified atom stereocenters. The van der Waals surface area contributed by atoms with E-state index >= 15 is 0 Å². The van der Waals surface area contributed by atoms with Gasteiger partial charge in [0.1, 0.15) is 11.9 Å². The summed E-state index contributed by atoms with van der Waals surface area (Å²) in [7, 11) is -3.08. The number of aliphatic imine (C=N–C) groups is 1. The molecule has 1 N–H and O–H groups in total. The van der Waals surface area contributed by atoms with Gasteiger partial charge in [-0.1, -0.05) is 47.5 Å². The molecule has 1 atom stereocenters. The molecule has 1 aliphatic heterocycles. The van der Waals surface area contributed by atoms with Crippen molar-refractivity contribution in [2.45, 2.75) is 73.8 Å². The van der Waals surface area contributed by atoms with Crippen LogP contribution in [0.15, 0.2) is 58.4 Å². The van der Waals surface area contributed by atoms with Crippen LogP contribution >= 0.6 is 23.2 Å². The molecule has 0 aromatic heterocycles. The summed E-state index contributed by atoms with van der Waals surface area (Å²) in [5, 5.41) is 3.60. The van der Waals surface area contributed by atoms with Gasteiger partial charge in [-0.15, -0.1) is 0 Å². The van der Waals surface area contributed by atoms with Gasteiger partial charge in [-0.3, -0.25) is 9.79 Å². The summed E-state index contributed by atoms with van der Waals surface area (Å²) in [4.78, 5) is 18.2. The number of hydrogen-bond donors (Lipinski definition) is 1. The summed E-state index contributed by atoms with van der Waals surface area (Å²) in [5.41, 5.74) is -1.87. The van der Waals surface area contributed by atoms with Gasteiger partial charge < -0.3 is 10.2 Å². The lowest BCUT2D eigenvalue weighted by atomic mass is 9.38. The number of alkyl halides is 5. The van der Waals surface area contributed by atoms with Crippen LogP contribution in [-0.2, 0) is 21.4 Å². The van der Waals surface area contributed by atoms with E-state index in [9.17, 15) is 35.2 Å². The van der Waals surface area contributed by atoms with Gasteiger partial charge in [-0.05, 0) is 62.9 Å². The molecule has 0 saturated heterocycles. The van der Waals surface area contributed by atoms with E-state index in [0.717, 1.165) is 7.05 Å². The van der Waals surface area contributed by atoms with Gasteiger partial charge in [-0.2, -0.15) is 26.3 Å². The van der Waals surface area contributed by atoms with Gasteiger partial charge in [-0.25, -0.2) is 8.42 Å². The van der Waals surface area contributed by atoms with Gasteiger partial charge in [0.15, 0.2) is 0 Å². The van der Waals surface area contributed by atoms with Crippen LogP contribution in [0.1, 0.15) is 38.7 Å². The van der Waals surface area contributed by atoms with E-state index < -0.39 is 57.1 Å². The van der Waals surface area contributed by atoms with Gasteiger partial charge in [0.05, 0.1) is 27.0 Å². The van der Waals surface area contributed by atoms with Crippen molar-refractivity contribution in [3.8, 4) is 0 Å². The van der Waals surface area contributed by atoms with Crippen LogP contribution in [0.25, 0.3) is 0 Å². The molecule has 234 valence electrons. The Morgan fingerprint density at radius 2 is 1.63 bits per heavy atom. The average Bonchev–Trinajstić information content (AvgIpc) is 3.17. The molecule has 4 aliphatic rings. The summed E-state index contributed by atoms with van der Waals surface area (Å²) in [5.74, 6) is -5.62. The first kappa shape index (κ1) is 31.9. The second-order valence-electron chi connectivity index (χ2n) is 12.2. The van der Waals surface area contributed by atoms with Crippen molar-refractivity contribution in [3.05, 3.63) is 64.1 Å². The zero-order valence-corrected chi connectivity index (χ0v) is 25.7. The van der Waals surface area contributed by atoms with Crippen molar-refractivity contribution >= 4 is 45.0 Å². The molecule has 1 heterocycles. The van der Waals surface area contributed by atoms with Crippen LogP contribution in [-0.4, -0.2) is 72.2 Å². The SMILES string of the molecule is CN(CC(F)(F)C(F)(F)F)C(=O)[C@@H]1NC(C23CC(N(Cc4ccc(Cl)c(Cl)c4)S(=O)(=O)c4ccccc4)(C2)C3)=NC1(C)C. The third kappa shape index (κ3) is 5.40. The van der Waals surface area contributed by atoms with E-state index in [0.29, 0.717) is 40.6 Å². The molecule has 7 nitrogen and oxygen atoms in total. The number of carbonyl (C=O) groups is 1. The zero-order chi connectivity index (χ0) is 31.8. The van der Waals surface area contributed by atoms with Crippen molar-refractivity contribution in [1.82, 2.24) is 14.5 Å². The smallest absolute Gasteiger partial charge is 0.360 e. The second-order valence-corrected chi connectivity index (χ2v) is 14.9. The summed E-state index contributed by atoms with van der Waals surface area (Å²) >= 11 is 12.3. The minimum atomic E-state index is -5.80. The highest BCUT2D eigenvalue weighted by atomic mass is 35.5. The van der Waals surface area contributed by atoms with Crippen molar-refractivity contribution in [2.75, 3.05) is 13.6 Å². The zero-order valence-electron chi connectivity index (χ0n) is 23.4. The highest BCUT2D eigenvalue weighted by Crippen LogP contribution is 2.71. The number of carbonyl (C=O) groups excluding carboxylic acids is 1. The highest BCUT2D eigenvalue weighted by molar-refractivity contribution is 7.89. The topological polar surface area (TPSA) is 82.1 Å². The lowest BCUT2D eigenvalue weighted by molar-refractivity contribution is -0.284. The third-order valence-corrected chi connectivity index (χ3v) is 11.2. The van der Waals surface area contributed by atoms with E-state index in [1.165, 1.54) is 16.4 Å². The maximum absolute atomic E-state index is 13.9. The number of amides is 1. The van der Waals surface area contributed by atoms with Crippen molar-refractivity contribution in [2.24, 2.45) is 10.4 Å². The number of rotatable bonds is 9. The molecule has 2 aromatic carbocycles. The van der Waals surface area contributed by atoms with Crippen LogP contribution in [0.3, 0.4) is 0 Å². The molecule has 3 aliphatic carbocycles. The number of likely N-dealkylation sites (N-methyl/N-ethyl adjacent to an activating group) is 1. The largest absolute Gasteiger partial charge is 0.455 e. The summed E-state index contributed by atoms with van der Waals surface area (Å²) in [6, 6.07) is 11.7. The first-order valence-corrected chi connectivity index (χ1v) is 15.5. The molecule has 43 heavy (non-hydrogen) atoms. The third-order valence-electron chi connectivity index (χ3n) is 8.54. The quantitative estimate of drug-likeness (QED) is 0.338. The van der Waals surface area contributed by atoms with Crippen LogP contribution < -0.4 is 5.32 Å². The van der Waals surface area contributed by atoms with E-state index in [1.54, 1.807) is 50.2 Å². The monoisotopic (exact) mass is 666 g/mol. The molecule has 1 amide bonds. The molecule has 6 rings (SSSR count). The molecular weight excluding hydrogens is 638 g/mol. The minimum Gasteiger partial charge on any atom is -0.360 e. The summed E-state index contributed by atoms with van der Waals surface area (Å²) < 4.78 is 94.8. The van der Waals surface area contributed by atoms with Gasteiger partial charge in [0.2, 0.25) is 15.9 Å². The number of nitrogens with one attached hydrogen (secondary N) is 1. The summed E-state index contributed by atoms with van der Waals surface area (Å²) in [6.45, 7) is 1.37. The Balaban J connectivity index is 1.36. The second kappa shape index (κ2) is 10.3. The normalized spacial score (nSPS) is 26.3. The number of amidine groups is 1. The lowest BCUT2D eigenvalue weighted by Gasteiger charge is -2.72. The first-order valence-electron chi connectivity index (χ1n) is 13.3. The van der Waals surface area contributed by atoms with Crippen LogP contribution in [0.5, 0.6) is 0 Å². The Morgan fingerprint density at radius 1 is 1.02 bits per heavy atom. The standard InChI is InChI=1S/C28H29Cl2F5N4O3S/c1-24(2)21(22(40)38(3)16-27(31,32)28(33,34)35)36-23(37-24)25-13-26(14-25,15-25)39(12-17-9-10-19(29)20(30)11-17)43(41,42)18-7-5-4-6-8-18/h4-11,21H,12-16H2,1-3H3,(H,36,37)/t21-,25?,26?/m0/s1. The predicted molar refractivity (Wildman–Crippen MR) is 152 cm³/mol. The first-order chi connectivity index (χ1) is 19.7. The molecule has 15 heteroatoms. The average molecular weight is 668 g/mol. The number of sulfonamides is 1. The number of nitrogens with zero attached hydrogens (tertiary/aromatic N) is 3. The van der Waals surface area contributed by atoms with Crippen LogP contribution in [0.2, 0.25) is 10.0 Å². The number of halogens is 7. The fourth-order valence-corrected chi connectivity index (χ4v) is 8.40. The molecule has 0 radical (unpaired) electrons. The molecule has 2 bridgehead atoms. The molecular formula is C28H29Cl2F5N4O3S. The van der Waals surface area contributed by atoms with E-state index in [1.807, 2.05) is 0 Å². The fraction of sp³-hybridized carbons (Fsp3) is 0.500. The Hall–Kier alpha value is -2.48. The number of hydrogen-bond acceptors (Lipinski definition) is 5. The maximum atomic E-state index is 13.9. The Labute approximate surface area is 256 Å². The predicted octanol–water partition coefficient (Wildman–Crippen LogP) is 5.91. The van der Waals surface area contributed by atoms with Crippen LogP contribution in [0, 0.1) is 5.41 Å². The van der Waals surface area contributed by atoms with E-state index in [-0.39, 0.29) is 16.5 Å². The lowest BCUT2D eigenvalue weighted by Crippen LogP contribution is -2.78. The van der Waals surface area contributed by atoms with Gasteiger partial charge >= 0.3 is 12.1 Å². The molecule has 0 spiro atoms. The molecule has 3 saturated carbocycles. The Morgan fingerprint density at radius 3 is 2.19 bits per heavy atom. The van der Waals surface area contributed by atoms with E-state index in [2.05, 4.69) is 10.3 Å². The number of benzene rings is 2. The Kier molecular flexibility index (Phi) is 7.63. The van der Waals surface area contributed by atoms with E-state index in [4.69, 9.17) is 23.2 Å². The highest BCUT2D eigenvalue weighted by Gasteiger charge is 2.75. The van der Waals surface area contributed by atoms with Crippen LogP contribution in [0.4, 0.5) is 22.0 Å².